The van der Waals surface area contributed by atoms with Crippen LogP contribution in [0.4, 0.5) is 5.69 Å². The SMILES string of the molecule is COc1ccc(Cl)c(NC(=O)CCl)c1. The number of rotatable bonds is 3. The number of amides is 1. The molecule has 0 fully saturated rings. The van der Waals surface area contributed by atoms with Crippen LogP contribution in [0.25, 0.3) is 0 Å². The van der Waals surface area contributed by atoms with Gasteiger partial charge in [-0.2, -0.15) is 0 Å². The van der Waals surface area contributed by atoms with Crippen molar-refractivity contribution in [2.24, 2.45) is 0 Å². The average molecular weight is 234 g/mol. The second-order valence-electron chi connectivity index (χ2n) is 2.53. The molecule has 0 radical (unpaired) electrons. The van der Waals surface area contributed by atoms with E-state index >= 15 is 0 Å². The number of methoxy groups -OCH3 is 1. The Hall–Kier alpha value is -0.930. The van der Waals surface area contributed by atoms with Gasteiger partial charge >= 0.3 is 0 Å². The molecule has 0 aliphatic heterocycles. The van der Waals surface area contributed by atoms with Crippen molar-refractivity contribution in [3.63, 3.8) is 0 Å². The van der Waals surface area contributed by atoms with Gasteiger partial charge in [-0.05, 0) is 12.1 Å². The summed E-state index contributed by atoms with van der Waals surface area (Å²) in [4.78, 5) is 11.0. The van der Waals surface area contributed by atoms with Crippen LogP contribution in [0.3, 0.4) is 0 Å². The number of nitrogens with one attached hydrogen (secondary N) is 1. The molecule has 5 heteroatoms. The van der Waals surface area contributed by atoms with Crippen molar-refractivity contribution in [2.45, 2.75) is 0 Å². The molecular formula is C9H9Cl2NO2. The van der Waals surface area contributed by atoms with Crippen molar-refractivity contribution < 1.29 is 9.53 Å². The number of carbonyl (C=O) groups is 1. The van der Waals surface area contributed by atoms with Crippen molar-refractivity contribution in [3.8, 4) is 5.75 Å². The van der Waals surface area contributed by atoms with E-state index in [1.807, 2.05) is 0 Å². The first-order chi connectivity index (χ1) is 6.67. The van der Waals surface area contributed by atoms with E-state index in [4.69, 9.17) is 27.9 Å². The molecule has 0 heterocycles. The second-order valence-corrected chi connectivity index (χ2v) is 3.20. The Labute approximate surface area is 92.0 Å². The van der Waals surface area contributed by atoms with Crippen LogP contribution in [-0.2, 0) is 4.79 Å². The van der Waals surface area contributed by atoms with Crippen LogP contribution >= 0.6 is 23.2 Å². The van der Waals surface area contributed by atoms with Crippen LogP contribution in [0.2, 0.25) is 5.02 Å². The van der Waals surface area contributed by atoms with Gasteiger partial charge in [0.05, 0.1) is 17.8 Å². The molecule has 1 rings (SSSR count). The number of benzene rings is 1. The van der Waals surface area contributed by atoms with Gasteiger partial charge in [-0.1, -0.05) is 11.6 Å². The third-order valence-electron chi connectivity index (χ3n) is 1.57. The fourth-order valence-corrected chi connectivity index (χ4v) is 1.14. The Morgan fingerprint density at radius 3 is 2.86 bits per heavy atom. The number of alkyl halides is 1. The highest BCUT2D eigenvalue weighted by atomic mass is 35.5. The third-order valence-corrected chi connectivity index (χ3v) is 2.14. The minimum absolute atomic E-state index is 0.104. The summed E-state index contributed by atoms with van der Waals surface area (Å²) in [5.41, 5.74) is 0.497. The predicted octanol–water partition coefficient (Wildman–Crippen LogP) is 2.53. The van der Waals surface area contributed by atoms with Gasteiger partial charge < -0.3 is 10.1 Å². The Morgan fingerprint density at radius 2 is 2.29 bits per heavy atom. The molecule has 0 bridgehead atoms. The monoisotopic (exact) mass is 233 g/mol. The predicted molar refractivity (Wildman–Crippen MR) is 57.4 cm³/mol. The van der Waals surface area contributed by atoms with E-state index < -0.39 is 0 Å². The van der Waals surface area contributed by atoms with Gasteiger partial charge in [0.25, 0.3) is 0 Å². The zero-order valence-electron chi connectivity index (χ0n) is 7.51. The lowest BCUT2D eigenvalue weighted by Crippen LogP contribution is -2.12. The Kier molecular flexibility index (Phi) is 4.04. The molecule has 0 saturated carbocycles. The lowest BCUT2D eigenvalue weighted by atomic mass is 10.3. The molecule has 1 N–H and O–H groups in total. The van der Waals surface area contributed by atoms with E-state index in [-0.39, 0.29) is 11.8 Å². The molecule has 3 nitrogen and oxygen atoms in total. The Morgan fingerprint density at radius 1 is 1.57 bits per heavy atom. The maximum Gasteiger partial charge on any atom is 0.239 e. The summed E-state index contributed by atoms with van der Waals surface area (Å²) in [7, 11) is 1.54. The number of halogens is 2. The number of anilines is 1. The van der Waals surface area contributed by atoms with E-state index in [1.165, 1.54) is 7.11 Å². The fourth-order valence-electron chi connectivity index (χ4n) is 0.911. The first kappa shape index (κ1) is 11.1. The minimum Gasteiger partial charge on any atom is -0.497 e. The van der Waals surface area contributed by atoms with Gasteiger partial charge in [0.1, 0.15) is 11.6 Å². The summed E-state index contributed by atoms with van der Waals surface area (Å²) < 4.78 is 4.98. The van der Waals surface area contributed by atoms with E-state index in [0.717, 1.165) is 0 Å². The van der Waals surface area contributed by atoms with Gasteiger partial charge in [-0.25, -0.2) is 0 Å². The van der Waals surface area contributed by atoms with Crippen LogP contribution in [0.5, 0.6) is 5.75 Å². The molecule has 0 atom stereocenters. The van der Waals surface area contributed by atoms with Crippen LogP contribution < -0.4 is 10.1 Å². The molecule has 1 aromatic rings. The highest BCUT2D eigenvalue weighted by molar-refractivity contribution is 6.34. The van der Waals surface area contributed by atoms with Gasteiger partial charge in [-0.15, -0.1) is 11.6 Å². The molecule has 0 spiro atoms. The number of ether oxygens (including phenoxy) is 1. The molecule has 1 amide bonds. The van der Waals surface area contributed by atoms with E-state index in [2.05, 4.69) is 5.32 Å². The van der Waals surface area contributed by atoms with Crippen molar-refractivity contribution in [2.75, 3.05) is 18.3 Å². The summed E-state index contributed by atoms with van der Waals surface area (Å²) >= 11 is 11.2. The van der Waals surface area contributed by atoms with Crippen molar-refractivity contribution >= 4 is 34.8 Å². The summed E-state index contributed by atoms with van der Waals surface area (Å²) in [5, 5.41) is 3.00. The number of hydrogen-bond donors (Lipinski definition) is 1. The van der Waals surface area contributed by atoms with Crippen LogP contribution in [0, 0.1) is 0 Å². The van der Waals surface area contributed by atoms with Crippen LogP contribution in [0.15, 0.2) is 18.2 Å². The lowest BCUT2D eigenvalue weighted by Gasteiger charge is -2.07. The standard InChI is InChI=1S/C9H9Cl2NO2/c1-14-6-2-3-7(11)8(4-6)12-9(13)5-10/h2-4H,5H2,1H3,(H,12,13). The maximum atomic E-state index is 11.0. The fraction of sp³-hybridized carbons (Fsp3) is 0.222. The Bertz CT molecular complexity index is 342. The third kappa shape index (κ3) is 2.79. The Balaban J connectivity index is 2.89. The topological polar surface area (TPSA) is 38.3 Å². The number of hydrogen-bond acceptors (Lipinski definition) is 2. The quantitative estimate of drug-likeness (QED) is 0.816. The first-order valence-corrected chi connectivity index (χ1v) is 4.78. The van der Waals surface area contributed by atoms with Gasteiger partial charge in [-0.3, -0.25) is 4.79 Å². The zero-order valence-corrected chi connectivity index (χ0v) is 9.02. The lowest BCUT2D eigenvalue weighted by molar-refractivity contribution is -0.113. The summed E-state index contributed by atoms with van der Waals surface area (Å²) in [5.74, 6) is 0.217. The van der Waals surface area contributed by atoms with E-state index in [1.54, 1.807) is 18.2 Å². The molecule has 0 aliphatic carbocycles. The first-order valence-electron chi connectivity index (χ1n) is 3.86. The molecule has 0 aromatic heterocycles. The second kappa shape index (κ2) is 5.08. The van der Waals surface area contributed by atoms with E-state index in [0.29, 0.717) is 16.5 Å². The molecule has 76 valence electrons. The van der Waals surface area contributed by atoms with Crippen LogP contribution in [-0.4, -0.2) is 18.9 Å². The smallest absolute Gasteiger partial charge is 0.239 e. The molecule has 14 heavy (non-hydrogen) atoms. The van der Waals surface area contributed by atoms with Gasteiger partial charge in [0.2, 0.25) is 5.91 Å². The summed E-state index contributed by atoms with van der Waals surface area (Å²) in [6, 6.07) is 4.98. The highest BCUT2D eigenvalue weighted by Crippen LogP contribution is 2.26. The highest BCUT2D eigenvalue weighted by Gasteiger charge is 2.05. The van der Waals surface area contributed by atoms with Crippen molar-refractivity contribution in [3.05, 3.63) is 23.2 Å². The molecule has 0 unspecified atom stereocenters. The molecular weight excluding hydrogens is 225 g/mol. The van der Waals surface area contributed by atoms with Crippen molar-refractivity contribution in [1.29, 1.82) is 0 Å². The molecule has 0 saturated heterocycles. The van der Waals surface area contributed by atoms with Gasteiger partial charge in [0, 0.05) is 6.07 Å². The van der Waals surface area contributed by atoms with Crippen LogP contribution in [0.1, 0.15) is 0 Å². The zero-order chi connectivity index (χ0) is 10.6. The normalized spacial score (nSPS) is 9.64. The minimum atomic E-state index is -0.304. The van der Waals surface area contributed by atoms with E-state index in [9.17, 15) is 4.79 Å². The summed E-state index contributed by atoms with van der Waals surface area (Å²) in [6.07, 6.45) is 0. The van der Waals surface area contributed by atoms with Crippen molar-refractivity contribution in [1.82, 2.24) is 0 Å². The molecule has 0 aliphatic rings. The molecule has 1 aromatic carbocycles. The summed E-state index contributed by atoms with van der Waals surface area (Å²) in [6.45, 7) is 0. The van der Waals surface area contributed by atoms with Gasteiger partial charge in [0.15, 0.2) is 0 Å². The largest absolute Gasteiger partial charge is 0.497 e. The maximum absolute atomic E-state index is 11.0. The average Bonchev–Trinajstić information content (AvgIpc) is 2.21. The number of carbonyl (C=O) groups excluding carboxylic acids is 1.